The van der Waals surface area contributed by atoms with Crippen LogP contribution < -0.4 is 27.6 Å². The molecule has 4 aliphatic rings. The van der Waals surface area contributed by atoms with Crippen LogP contribution in [0.1, 0.15) is 141 Å². The van der Waals surface area contributed by atoms with Crippen molar-refractivity contribution in [3.05, 3.63) is 123 Å². The second kappa shape index (κ2) is 12.1. The Labute approximate surface area is 350 Å². The molecule has 4 aliphatic heterocycles. The number of hydrogen-bond donors (Lipinski definition) is 0. The standard InChI is InChI=1S/C51H57N2O5Si/c1-47(2,3)35-26-37(49(7,8)9)45-41-31(35)28-52-39-24-18-22-33-43(39)54-44-34(51(33,13)14)23-19-25-40(44)53-29-32-36(48(4,5)6)27-38(50(10,11)12)46-42(32)56-59(55-41,57-45,58-46)30-20-16-15-17-21-30/h15-29H,1-14H3/q-1. The summed E-state index contributed by atoms with van der Waals surface area (Å²) in [4.78, 5) is 10.6. The summed E-state index contributed by atoms with van der Waals surface area (Å²) in [5.74, 6) is 3.75. The topological polar surface area (TPSA) is 70.9 Å². The van der Waals surface area contributed by atoms with E-state index in [1.165, 1.54) is 0 Å². The second-order valence-corrected chi connectivity index (χ2v) is 24.5. The Hall–Kier alpha value is -5.34. The van der Waals surface area contributed by atoms with Gasteiger partial charge in [-0.05, 0) is 0 Å². The maximum absolute atomic E-state index is 7.64. The van der Waals surface area contributed by atoms with Gasteiger partial charge in [-0.25, -0.2) is 0 Å². The molecule has 7 nitrogen and oxygen atoms in total. The average molecular weight is 806 g/mol. The van der Waals surface area contributed by atoms with Gasteiger partial charge in [-0.3, -0.25) is 0 Å². The Kier molecular flexibility index (Phi) is 8.04. The zero-order valence-corrected chi connectivity index (χ0v) is 38.1. The molecule has 0 aliphatic carbocycles. The van der Waals surface area contributed by atoms with Crippen molar-refractivity contribution in [2.75, 3.05) is 0 Å². The number of nitrogens with zero attached hydrogens (tertiary/aromatic N) is 2. The first-order valence-electron chi connectivity index (χ1n) is 20.9. The van der Waals surface area contributed by atoms with Crippen LogP contribution in [-0.4, -0.2) is 20.8 Å². The molecule has 0 aromatic heterocycles. The Balaban J connectivity index is 1.46. The summed E-state index contributed by atoms with van der Waals surface area (Å²) in [6.45, 7) is 31.1. The van der Waals surface area contributed by atoms with Gasteiger partial charge in [-0.1, -0.05) is 0 Å². The second-order valence-electron chi connectivity index (χ2n) is 21.3. The molecule has 0 N–H and O–H groups in total. The summed E-state index contributed by atoms with van der Waals surface area (Å²) < 4.78 is 37.4. The van der Waals surface area contributed by atoms with Gasteiger partial charge in [0.2, 0.25) is 0 Å². The van der Waals surface area contributed by atoms with E-state index in [4.69, 9.17) is 32.4 Å². The molecule has 0 fully saturated rings. The molecule has 9 rings (SSSR count). The predicted molar refractivity (Wildman–Crippen MR) is 242 cm³/mol. The van der Waals surface area contributed by atoms with E-state index in [1.54, 1.807) is 0 Å². The van der Waals surface area contributed by atoms with Gasteiger partial charge < -0.3 is 0 Å². The minimum atomic E-state index is -5.25. The van der Waals surface area contributed by atoms with Crippen molar-refractivity contribution in [3.63, 3.8) is 0 Å². The molecule has 306 valence electrons. The summed E-state index contributed by atoms with van der Waals surface area (Å²) in [6.07, 6.45) is 3.85. The van der Waals surface area contributed by atoms with E-state index in [1.807, 2.05) is 54.9 Å². The van der Waals surface area contributed by atoms with Gasteiger partial charge in [0.1, 0.15) is 0 Å². The molecule has 1 spiro atoms. The van der Waals surface area contributed by atoms with Crippen LogP contribution in [0.2, 0.25) is 0 Å². The third-order valence-electron chi connectivity index (χ3n) is 12.3. The van der Waals surface area contributed by atoms with E-state index in [0.717, 1.165) is 44.5 Å². The zero-order valence-electron chi connectivity index (χ0n) is 37.1. The Morgan fingerprint density at radius 1 is 0.441 bits per heavy atom. The van der Waals surface area contributed by atoms with Gasteiger partial charge in [0.05, 0.1) is 0 Å². The molecule has 59 heavy (non-hydrogen) atoms. The third kappa shape index (κ3) is 5.80. The monoisotopic (exact) mass is 805 g/mol. The molecule has 0 radical (unpaired) electrons. The number of para-hydroxylation sites is 2. The van der Waals surface area contributed by atoms with Gasteiger partial charge in [-0.2, -0.15) is 0 Å². The van der Waals surface area contributed by atoms with Crippen molar-refractivity contribution in [1.29, 1.82) is 0 Å². The Morgan fingerprint density at radius 2 is 0.831 bits per heavy atom. The Bertz CT molecular complexity index is 2500. The zero-order chi connectivity index (χ0) is 42.3. The van der Waals surface area contributed by atoms with Crippen LogP contribution in [0.5, 0.6) is 34.5 Å². The van der Waals surface area contributed by atoms with Crippen LogP contribution in [-0.2, 0) is 27.1 Å². The quantitative estimate of drug-likeness (QED) is 0.158. The summed E-state index contributed by atoms with van der Waals surface area (Å²) in [7, 11) is -5.25. The third-order valence-corrected chi connectivity index (χ3v) is 15.8. The van der Waals surface area contributed by atoms with E-state index in [9.17, 15) is 0 Å². The molecule has 4 heterocycles. The molecule has 0 saturated heterocycles. The van der Waals surface area contributed by atoms with Crippen LogP contribution in [0.3, 0.4) is 0 Å². The number of benzene rings is 5. The van der Waals surface area contributed by atoms with E-state index in [-0.39, 0.29) is 21.7 Å². The van der Waals surface area contributed by atoms with Crippen molar-refractivity contribution in [2.45, 2.75) is 124 Å². The predicted octanol–water partition coefficient (Wildman–Crippen LogP) is 12.7. The molecular formula is C51H57N2O5Si-. The summed E-state index contributed by atoms with van der Waals surface area (Å²) in [5.41, 5.74) is 7.56. The van der Waals surface area contributed by atoms with E-state index >= 15 is 0 Å². The van der Waals surface area contributed by atoms with Gasteiger partial charge in [0, 0.05) is 0 Å². The van der Waals surface area contributed by atoms with Crippen LogP contribution in [0.25, 0.3) is 0 Å². The molecule has 8 heteroatoms. The van der Waals surface area contributed by atoms with Gasteiger partial charge in [-0.15, -0.1) is 0 Å². The summed E-state index contributed by atoms with van der Waals surface area (Å²) >= 11 is 0. The number of hydrogen-bond acceptors (Lipinski definition) is 7. The SMILES string of the molecule is CC(C)(C)c1cc(C(C)(C)C)c2c3c1C=Nc1cccc4c1Oc1c(cccc1C4(C)C)N=Cc1c(C(C)(C)C)cc(C(C)(C)C)c4c1O[Si-](c1ccccc1)(O2)(O4)O3. The first kappa shape index (κ1) is 39.1. The molecule has 5 aromatic rings. The van der Waals surface area contributed by atoms with Crippen molar-refractivity contribution in [2.24, 2.45) is 9.98 Å². The van der Waals surface area contributed by atoms with Gasteiger partial charge in [0.25, 0.3) is 0 Å². The average Bonchev–Trinajstić information content (AvgIpc) is 3.67. The summed E-state index contributed by atoms with van der Waals surface area (Å²) in [5, 5.41) is 0.705. The van der Waals surface area contributed by atoms with Crippen molar-refractivity contribution < 1.29 is 22.4 Å². The summed E-state index contributed by atoms with van der Waals surface area (Å²) in [6, 6.07) is 26.9. The normalized spacial score (nSPS) is 18.4. The van der Waals surface area contributed by atoms with Crippen LogP contribution in [0.4, 0.5) is 11.4 Å². The van der Waals surface area contributed by atoms with Crippen molar-refractivity contribution in [3.8, 4) is 34.5 Å². The van der Waals surface area contributed by atoms with Gasteiger partial charge in [0.15, 0.2) is 0 Å². The molecule has 0 amide bonds. The first-order chi connectivity index (χ1) is 27.4. The molecular weight excluding hydrogens is 749 g/mol. The molecule has 0 atom stereocenters. The van der Waals surface area contributed by atoms with Crippen molar-refractivity contribution >= 4 is 37.3 Å². The van der Waals surface area contributed by atoms with Crippen molar-refractivity contribution in [1.82, 2.24) is 0 Å². The van der Waals surface area contributed by atoms with E-state index < -0.39 is 13.7 Å². The molecule has 0 unspecified atom stereocenters. The molecule has 0 saturated carbocycles. The maximum atomic E-state index is 7.64. The fourth-order valence-corrected chi connectivity index (χ4v) is 12.7. The van der Waals surface area contributed by atoms with E-state index in [2.05, 4.69) is 133 Å². The van der Waals surface area contributed by atoms with Crippen LogP contribution >= 0.6 is 0 Å². The first-order valence-corrected chi connectivity index (χ1v) is 23.0. The fourth-order valence-electron chi connectivity index (χ4n) is 9.07. The van der Waals surface area contributed by atoms with Crippen LogP contribution in [0, 0.1) is 0 Å². The molecule has 5 bridgehead atoms. The minimum absolute atomic E-state index is 0.313. The number of ether oxygens (including phenoxy) is 1. The van der Waals surface area contributed by atoms with Crippen LogP contribution in [0.15, 0.2) is 88.8 Å². The number of aliphatic imine (C=N–C) groups is 2. The number of rotatable bonds is 1. The molecule has 5 aromatic carbocycles. The fraction of sp³-hybridized carbons (Fsp3) is 0.373. The van der Waals surface area contributed by atoms with Gasteiger partial charge >= 0.3 is 352 Å². The Morgan fingerprint density at radius 3 is 1.22 bits per heavy atom. The van der Waals surface area contributed by atoms with E-state index in [0.29, 0.717) is 51.1 Å².